The molecule has 10 heteroatoms. The Labute approximate surface area is 222 Å². The molecule has 3 saturated carbocycles. The Balaban J connectivity index is 1.64. The van der Waals surface area contributed by atoms with Crippen molar-refractivity contribution in [2.45, 2.75) is 63.6 Å². The minimum Gasteiger partial charge on any atom is -0.457 e. The van der Waals surface area contributed by atoms with Gasteiger partial charge in [-0.05, 0) is 62.0 Å². The number of halogens is 3. The van der Waals surface area contributed by atoms with Gasteiger partial charge >= 0.3 is 5.97 Å². The molecule has 0 saturated heterocycles. The first-order chi connectivity index (χ1) is 17.4. The number of rotatable bonds is 4. The highest BCUT2D eigenvalue weighted by Crippen LogP contribution is 2.72. The third-order valence-electron chi connectivity index (χ3n) is 9.63. The predicted octanol–water partition coefficient (Wildman–Crippen LogP) is 5.20. The maximum absolute atomic E-state index is 17.4. The summed E-state index contributed by atoms with van der Waals surface area (Å²) in [6, 6.07) is 2.93. The predicted molar refractivity (Wildman–Crippen MR) is 133 cm³/mol. The number of ether oxygens (including phenoxy) is 1. The van der Waals surface area contributed by atoms with Crippen LogP contribution >= 0.6 is 23.4 Å². The van der Waals surface area contributed by atoms with E-state index in [-0.39, 0.29) is 35.8 Å². The molecule has 6 nitrogen and oxygen atoms in total. The van der Waals surface area contributed by atoms with Crippen molar-refractivity contribution < 1.29 is 37.4 Å². The van der Waals surface area contributed by atoms with Gasteiger partial charge in [0.15, 0.2) is 17.1 Å². The van der Waals surface area contributed by atoms with E-state index in [1.807, 2.05) is 0 Å². The molecule has 1 aromatic rings. The maximum atomic E-state index is 17.4. The average molecular weight is 555 g/mol. The lowest BCUT2D eigenvalue weighted by Gasteiger charge is -2.63. The lowest BCUT2D eigenvalue weighted by Crippen LogP contribution is -2.70. The van der Waals surface area contributed by atoms with Gasteiger partial charge in [-0.1, -0.05) is 31.7 Å². The minimum atomic E-state index is -2.30. The number of furan rings is 1. The molecule has 1 N–H and O–H groups in total. The Morgan fingerprint density at radius 2 is 2.03 bits per heavy atom. The van der Waals surface area contributed by atoms with Crippen molar-refractivity contribution in [2.75, 3.05) is 5.21 Å². The van der Waals surface area contributed by atoms with Crippen LogP contribution in [0.2, 0.25) is 0 Å². The molecular weight excluding hydrogens is 526 g/mol. The minimum absolute atomic E-state index is 0.0248. The summed E-state index contributed by atoms with van der Waals surface area (Å²) in [7, 11) is 0. The number of carbonyl (C=O) groups is 3. The van der Waals surface area contributed by atoms with Gasteiger partial charge in [-0.25, -0.2) is 13.6 Å². The third kappa shape index (κ3) is 3.35. The van der Waals surface area contributed by atoms with Gasteiger partial charge in [0.05, 0.1) is 17.6 Å². The van der Waals surface area contributed by atoms with Gasteiger partial charge in [0.2, 0.25) is 10.9 Å². The molecule has 37 heavy (non-hydrogen) atoms. The standard InChI is InChI=1S/C27H29ClF2O6S/c1-14-9-16-17-11-19(29)18-10-15(31)6-7-24(18,2)26(17,30)21(32)12-25(16,3)27(14,23(34)37-13-28)36-22(33)20-5-4-8-35-20/h4-8,10,14,16-17,19,21,32H,9,11-13H2,1-3H3/t14-,16+,17+,19+,21+,24+,25+,26+,27+/m1/s1. The second-order valence-corrected chi connectivity index (χ2v) is 12.7. The number of allylic oxidation sites excluding steroid dienone is 4. The summed E-state index contributed by atoms with van der Waals surface area (Å²) in [5.74, 6) is -3.56. The van der Waals surface area contributed by atoms with Crippen LogP contribution in [0.3, 0.4) is 0 Å². The average Bonchev–Trinajstić information content (AvgIpc) is 3.45. The Kier molecular flexibility index (Phi) is 6.32. The summed E-state index contributed by atoms with van der Waals surface area (Å²) in [6.07, 6.45) is 1.59. The molecule has 1 heterocycles. The van der Waals surface area contributed by atoms with E-state index in [9.17, 15) is 19.5 Å². The number of ketones is 1. The highest BCUT2D eigenvalue weighted by Gasteiger charge is 2.78. The first-order valence-corrected chi connectivity index (χ1v) is 13.8. The van der Waals surface area contributed by atoms with Crippen LogP contribution in [0.15, 0.2) is 46.6 Å². The highest BCUT2D eigenvalue weighted by molar-refractivity contribution is 8.14. The Hall–Kier alpha value is -1.97. The molecule has 0 aromatic carbocycles. The summed E-state index contributed by atoms with van der Waals surface area (Å²) in [4.78, 5) is 38.9. The van der Waals surface area contributed by atoms with E-state index in [4.69, 9.17) is 20.8 Å². The third-order valence-corrected chi connectivity index (χ3v) is 10.6. The normalized spacial score (nSPS) is 44.5. The van der Waals surface area contributed by atoms with Crippen LogP contribution in [-0.2, 0) is 14.3 Å². The number of aliphatic hydroxyl groups is 1. The second kappa shape index (κ2) is 8.78. The Bertz CT molecular complexity index is 1200. The Morgan fingerprint density at radius 3 is 2.68 bits per heavy atom. The van der Waals surface area contributed by atoms with E-state index < -0.39 is 69.0 Å². The molecule has 4 aliphatic rings. The summed E-state index contributed by atoms with van der Waals surface area (Å²) >= 11 is 6.70. The van der Waals surface area contributed by atoms with Crippen molar-refractivity contribution in [2.24, 2.45) is 28.6 Å². The monoisotopic (exact) mass is 554 g/mol. The first kappa shape index (κ1) is 26.6. The van der Waals surface area contributed by atoms with E-state index in [0.29, 0.717) is 0 Å². The number of carbonyl (C=O) groups excluding carboxylic acids is 3. The summed E-state index contributed by atoms with van der Waals surface area (Å²) in [5, 5.41) is 10.9. The molecule has 0 bridgehead atoms. The van der Waals surface area contributed by atoms with Crippen LogP contribution in [0.5, 0.6) is 0 Å². The first-order valence-electron chi connectivity index (χ1n) is 12.3. The van der Waals surface area contributed by atoms with Crippen molar-refractivity contribution in [1.82, 2.24) is 0 Å². The summed E-state index contributed by atoms with van der Waals surface area (Å²) in [5.41, 5.74) is -6.80. The largest absolute Gasteiger partial charge is 0.457 e. The molecule has 0 unspecified atom stereocenters. The second-order valence-electron chi connectivity index (χ2n) is 11.1. The Morgan fingerprint density at radius 1 is 1.30 bits per heavy atom. The summed E-state index contributed by atoms with van der Waals surface area (Å²) in [6.45, 7) is 4.98. The van der Waals surface area contributed by atoms with Crippen LogP contribution in [0.1, 0.15) is 50.6 Å². The maximum Gasteiger partial charge on any atom is 0.375 e. The zero-order valence-corrected chi connectivity index (χ0v) is 22.3. The quantitative estimate of drug-likeness (QED) is 0.404. The molecule has 0 spiro atoms. The number of esters is 1. The van der Waals surface area contributed by atoms with E-state index in [2.05, 4.69) is 0 Å². The van der Waals surface area contributed by atoms with Gasteiger partial charge in [0.1, 0.15) is 6.17 Å². The van der Waals surface area contributed by atoms with Gasteiger partial charge < -0.3 is 14.3 Å². The molecular formula is C27H29ClF2O6S. The van der Waals surface area contributed by atoms with E-state index in [1.165, 1.54) is 37.5 Å². The fourth-order valence-electron chi connectivity index (χ4n) is 7.97. The molecule has 9 atom stereocenters. The van der Waals surface area contributed by atoms with Gasteiger partial charge in [0, 0.05) is 22.7 Å². The molecule has 200 valence electrons. The molecule has 3 fully saturated rings. The van der Waals surface area contributed by atoms with E-state index in [0.717, 1.165) is 17.8 Å². The van der Waals surface area contributed by atoms with Crippen molar-refractivity contribution in [1.29, 1.82) is 0 Å². The number of aliphatic hydroxyl groups excluding tert-OH is 1. The lowest BCUT2D eigenvalue weighted by molar-refractivity contribution is -0.221. The number of thioether (sulfide) groups is 1. The highest BCUT2D eigenvalue weighted by atomic mass is 35.5. The fraction of sp³-hybridized carbons (Fsp3) is 0.593. The number of hydrogen-bond acceptors (Lipinski definition) is 7. The lowest BCUT2D eigenvalue weighted by atomic mass is 9.44. The topological polar surface area (TPSA) is 93.8 Å². The molecule has 5 rings (SSSR count). The van der Waals surface area contributed by atoms with E-state index >= 15 is 8.78 Å². The van der Waals surface area contributed by atoms with Gasteiger partial charge in [-0.3, -0.25) is 9.59 Å². The molecule has 4 aliphatic carbocycles. The van der Waals surface area contributed by atoms with Crippen molar-refractivity contribution in [3.8, 4) is 0 Å². The number of hydrogen-bond donors (Lipinski definition) is 1. The van der Waals surface area contributed by atoms with Crippen LogP contribution in [0.25, 0.3) is 0 Å². The zero-order valence-electron chi connectivity index (χ0n) is 20.7. The van der Waals surface area contributed by atoms with Gasteiger partial charge in [0.25, 0.3) is 0 Å². The van der Waals surface area contributed by atoms with Gasteiger partial charge in [-0.2, -0.15) is 0 Å². The van der Waals surface area contributed by atoms with Crippen molar-refractivity contribution >= 4 is 40.2 Å². The molecule has 0 aliphatic heterocycles. The smallest absolute Gasteiger partial charge is 0.375 e. The van der Waals surface area contributed by atoms with E-state index in [1.54, 1.807) is 13.8 Å². The molecule has 0 radical (unpaired) electrons. The van der Waals surface area contributed by atoms with Crippen LogP contribution in [0, 0.1) is 28.6 Å². The number of alkyl halides is 3. The number of fused-ring (bicyclic) bond motifs is 5. The van der Waals surface area contributed by atoms with Crippen LogP contribution < -0.4 is 0 Å². The van der Waals surface area contributed by atoms with Crippen molar-refractivity contribution in [3.63, 3.8) is 0 Å². The van der Waals surface area contributed by atoms with Gasteiger partial charge in [-0.15, -0.1) is 11.6 Å². The zero-order chi connectivity index (χ0) is 27.0. The van der Waals surface area contributed by atoms with Crippen molar-refractivity contribution in [3.05, 3.63) is 48.0 Å². The molecule has 0 amide bonds. The molecule has 1 aromatic heterocycles. The summed E-state index contributed by atoms with van der Waals surface area (Å²) < 4.78 is 44.3. The van der Waals surface area contributed by atoms with Crippen LogP contribution in [0.4, 0.5) is 8.78 Å². The fourth-order valence-corrected chi connectivity index (χ4v) is 9.05. The van der Waals surface area contributed by atoms with Crippen LogP contribution in [-0.4, -0.2) is 50.7 Å². The SMILES string of the molecule is C[C@@H]1C[C@H]2[C@@H]3C[C@H](F)C4=CC(=O)C=C[C@]4(C)[C@@]3(F)[C@@H](O)C[C@]2(C)[C@@]1(OC(=O)c1ccco1)C(=O)SCCl.